The molecule has 0 bridgehead atoms. The van der Waals surface area contributed by atoms with Gasteiger partial charge in [0.15, 0.2) is 9.84 Å². The molecule has 8 heteroatoms. The van der Waals surface area contributed by atoms with E-state index in [2.05, 4.69) is 20.8 Å². The molecule has 1 heterocycles. The summed E-state index contributed by atoms with van der Waals surface area (Å²) in [6.07, 6.45) is 3.32. The first-order valence-corrected chi connectivity index (χ1v) is 9.57. The topological polar surface area (TPSA) is 104 Å². The Hall–Kier alpha value is -3.13. The number of aromatic nitrogens is 2. The Bertz CT molecular complexity index is 953. The second-order valence-electron chi connectivity index (χ2n) is 5.68. The molecule has 0 aliphatic carbocycles. The number of aromatic amines is 1. The summed E-state index contributed by atoms with van der Waals surface area (Å²) in [6, 6.07) is 14.7. The first-order valence-electron chi connectivity index (χ1n) is 7.92. The summed E-state index contributed by atoms with van der Waals surface area (Å²) in [5, 5.41) is 11.9. The van der Waals surface area contributed by atoms with Crippen molar-refractivity contribution in [2.75, 3.05) is 5.32 Å². The van der Waals surface area contributed by atoms with Crippen LogP contribution in [-0.2, 0) is 22.1 Å². The van der Waals surface area contributed by atoms with Crippen molar-refractivity contribution < 1.29 is 13.2 Å². The minimum absolute atomic E-state index is 0.0933. The number of hydrogen-bond donors (Lipinski definition) is 3. The molecule has 0 fully saturated rings. The lowest BCUT2D eigenvalue weighted by molar-refractivity contribution is 0.251. The minimum atomic E-state index is -3.39. The number of anilines is 1. The third kappa shape index (κ3) is 4.70. The fourth-order valence-electron chi connectivity index (χ4n) is 2.35. The summed E-state index contributed by atoms with van der Waals surface area (Å²) < 4.78 is 24.7. The van der Waals surface area contributed by atoms with Gasteiger partial charge in [0.1, 0.15) is 0 Å². The normalized spacial score (nSPS) is 11.1. The van der Waals surface area contributed by atoms with Crippen molar-refractivity contribution in [2.24, 2.45) is 0 Å². The molecule has 3 rings (SSSR count). The van der Waals surface area contributed by atoms with E-state index in [4.69, 9.17) is 0 Å². The fourth-order valence-corrected chi connectivity index (χ4v) is 3.72. The molecule has 7 nitrogen and oxygen atoms in total. The Kier molecular flexibility index (Phi) is 5.33. The van der Waals surface area contributed by atoms with Gasteiger partial charge in [0, 0.05) is 24.0 Å². The van der Waals surface area contributed by atoms with E-state index in [-0.39, 0.29) is 11.8 Å². The van der Waals surface area contributed by atoms with E-state index < -0.39 is 9.84 Å². The summed E-state index contributed by atoms with van der Waals surface area (Å²) in [5.41, 5.74) is 2.09. The van der Waals surface area contributed by atoms with Crippen LogP contribution in [-0.4, -0.2) is 24.6 Å². The van der Waals surface area contributed by atoms with Crippen molar-refractivity contribution in [2.45, 2.75) is 17.2 Å². The van der Waals surface area contributed by atoms with Crippen LogP contribution in [0.5, 0.6) is 0 Å². The Morgan fingerprint density at radius 3 is 2.38 bits per heavy atom. The van der Waals surface area contributed by atoms with Gasteiger partial charge in [0.05, 0.1) is 16.8 Å². The smallest absolute Gasteiger partial charge is 0.319 e. The molecule has 0 aliphatic rings. The zero-order chi connectivity index (χ0) is 18.4. The minimum Gasteiger partial charge on any atom is -0.334 e. The number of nitrogens with zero attached hydrogens (tertiary/aromatic N) is 1. The van der Waals surface area contributed by atoms with Crippen LogP contribution in [0.3, 0.4) is 0 Å². The first-order chi connectivity index (χ1) is 12.5. The molecule has 2 amide bonds. The molecule has 0 saturated carbocycles. The highest BCUT2D eigenvalue weighted by Gasteiger charge is 2.14. The zero-order valence-electron chi connectivity index (χ0n) is 13.8. The summed E-state index contributed by atoms with van der Waals surface area (Å²) in [7, 11) is -3.39. The Labute approximate surface area is 151 Å². The second-order valence-corrected chi connectivity index (χ2v) is 7.67. The van der Waals surface area contributed by atoms with Crippen LogP contribution in [0.4, 0.5) is 10.5 Å². The molecule has 0 saturated heterocycles. The summed E-state index contributed by atoms with van der Waals surface area (Å²) in [4.78, 5) is 12.2. The van der Waals surface area contributed by atoms with E-state index in [0.717, 1.165) is 5.56 Å². The lowest BCUT2D eigenvalue weighted by Gasteiger charge is -2.08. The number of carbonyl (C=O) groups excluding carboxylic acids is 1. The van der Waals surface area contributed by atoms with Crippen molar-refractivity contribution in [3.05, 3.63) is 78.1 Å². The van der Waals surface area contributed by atoms with Crippen LogP contribution in [0, 0.1) is 0 Å². The SMILES string of the molecule is O=C(NCc1cn[nH]c1)Nc1ccc(CS(=O)(=O)c2ccccc2)cc1. The predicted molar refractivity (Wildman–Crippen MR) is 98.2 cm³/mol. The van der Waals surface area contributed by atoms with Gasteiger partial charge in [-0.15, -0.1) is 0 Å². The van der Waals surface area contributed by atoms with Gasteiger partial charge in [-0.25, -0.2) is 13.2 Å². The number of urea groups is 1. The molecule has 0 aliphatic heterocycles. The standard InChI is InChI=1S/C18H18N4O3S/c23-18(19-10-15-11-20-21-12-15)22-16-8-6-14(7-9-16)13-26(24,25)17-4-2-1-3-5-17/h1-9,11-12H,10,13H2,(H,20,21)(H2,19,22,23). The number of carbonyl (C=O) groups is 1. The van der Waals surface area contributed by atoms with Gasteiger partial charge in [-0.3, -0.25) is 5.10 Å². The Balaban J connectivity index is 1.57. The monoisotopic (exact) mass is 370 g/mol. The van der Waals surface area contributed by atoms with Gasteiger partial charge in [-0.2, -0.15) is 5.10 Å². The molecule has 0 spiro atoms. The van der Waals surface area contributed by atoms with Crippen LogP contribution in [0.2, 0.25) is 0 Å². The highest BCUT2D eigenvalue weighted by atomic mass is 32.2. The van der Waals surface area contributed by atoms with E-state index in [0.29, 0.717) is 22.7 Å². The Morgan fingerprint density at radius 2 is 1.73 bits per heavy atom. The van der Waals surface area contributed by atoms with Crippen molar-refractivity contribution >= 4 is 21.6 Å². The van der Waals surface area contributed by atoms with Gasteiger partial charge < -0.3 is 10.6 Å². The van der Waals surface area contributed by atoms with Crippen LogP contribution >= 0.6 is 0 Å². The number of H-pyrrole nitrogens is 1. The molecule has 26 heavy (non-hydrogen) atoms. The predicted octanol–water partition coefficient (Wildman–Crippen LogP) is 2.71. The number of hydrogen-bond acceptors (Lipinski definition) is 4. The maximum absolute atomic E-state index is 12.4. The quantitative estimate of drug-likeness (QED) is 0.620. The maximum atomic E-state index is 12.4. The zero-order valence-corrected chi connectivity index (χ0v) is 14.7. The second kappa shape index (κ2) is 7.83. The highest BCUT2D eigenvalue weighted by Crippen LogP contribution is 2.17. The number of sulfone groups is 1. The fraction of sp³-hybridized carbons (Fsp3) is 0.111. The van der Waals surface area contributed by atoms with Crippen molar-refractivity contribution in [1.82, 2.24) is 15.5 Å². The lowest BCUT2D eigenvalue weighted by Crippen LogP contribution is -2.28. The summed E-state index contributed by atoms with van der Waals surface area (Å²) in [5.74, 6) is -0.0933. The molecular formula is C18H18N4O3S. The summed E-state index contributed by atoms with van der Waals surface area (Å²) in [6.45, 7) is 0.357. The van der Waals surface area contributed by atoms with Gasteiger partial charge in [-0.05, 0) is 29.8 Å². The van der Waals surface area contributed by atoms with E-state index >= 15 is 0 Å². The lowest BCUT2D eigenvalue weighted by atomic mass is 10.2. The van der Waals surface area contributed by atoms with E-state index in [1.165, 1.54) is 0 Å². The van der Waals surface area contributed by atoms with Gasteiger partial charge in [0.25, 0.3) is 0 Å². The summed E-state index contributed by atoms with van der Waals surface area (Å²) >= 11 is 0. The molecule has 0 atom stereocenters. The Morgan fingerprint density at radius 1 is 1.00 bits per heavy atom. The number of amides is 2. The third-order valence-corrected chi connectivity index (χ3v) is 5.38. The average molecular weight is 370 g/mol. The molecule has 3 N–H and O–H groups in total. The van der Waals surface area contributed by atoms with Gasteiger partial charge >= 0.3 is 6.03 Å². The molecule has 0 unspecified atom stereocenters. The van der Waals surface area contributed by atoms with E-state index in [1.54, 1.807) is 67.0 Å². The van der Waals surface area contributed by atoms with Crippen molar-refractivity contribution in [3.8, 4) is 0 Å². The van der Waals surface area contributed by atoms with Crippen LogP contribution in [0.25, 0.3) is 0 Å². The van der Waals surface area contributed by atoms with Crippen LogP contribution in [0.1, 0.15) is 11.1 Å². The largest absolute Gasteiger partial charge is 0.334 e. The first kappa shape index (κ1) is 17.7. The molecule has 3 aromatic rings. The number of benzene rings is 2. The third-order valence-electron chi connectivity index (χ3n) is 3.68. The number of nitrogens with one attached hydrogen (secondary N) is 3. The van der Waals surface area contributed by atoms with E-state index in [9.17, 15) is 13.2 Å². The number of rotatable bonds is 6. The van der Waals surface area contributed by atoms with Gasteiger partial charge in [-0.1, -0.05) is 30.3 Å². The van der Waals surface area contributed by atoms with Crippen molar-refractivity contribution in [3.63, 3.8) is 0 Å². The highest BCUT2D eigenvalue weighted by molar-refractivity contribution is 7.90. The molecule has 1 aromatic heterocycles. The van der Waals surface area contributed by atoms with Crippen molar-refractivity contribution in [1.29, 1.82) is 0 Å². The van der Waals surface area contributed by atoms with Gasteiger partial charge in [0.2, 0.25) is 0 Å². The molecule has 0 radical (unpaired) electrons. The van der Waals surface area contributed by atoms with Crippen LogP contribution in [0.15, 0.2) is 71.9 Å². The van der Waals surface area contributed by atoms with Crippen LogP contribution < -0.4 is 10.6 Å². The van der Waals surface area contributed by atoms with E-state index in [1.807, 2.05) is 0 Å². The average Bonchev–Trinajstić information content (AvgIpc) is 3.16. The molecular weight excluding hydrogens is 352 g/mol. The molecule has 134 valence electrons. The maximum Gasteiger partial charge on any atom is 0.319 e. The molecule has 2 aromatic carbocycles.